The fourth-order valence-corrected chi connectivity index (χ4v) is 3.69. The predicted octanol–water partition coefficient (Wildman–Crippen LogP) is 4.58. The van der Waals surface area contributed by atoms with Gasteiger partial charge in [0.05, 0.1) is 0 Å². The highest BCUT2D eigenvalue weighted by atomic mass is 16.2. The van der Waals surface area contributed by atoms with E-state index in [1.54, 1.807) is 0 Å². The summed E-state index contributed by atoms with van der Waals surface area (Å²) in [6.07, 6.45) is 5.33. The van der Waals surface area contributed by atoms with Gasteiger partial charge in [-0.2, -0.15) is 0 Å². The van der Waals surface area contributed by atoms with E-state index < -0.39 is 0 Å². The highest BCUT2D eigenvalue weighted by Gasteiger charge is 2.24. The van der Waals surface area contributed by atoms with Gasteiger partial charge in [0, 0.05) is 36.3 Å². The van der Waals surface area contributed by atoms with Crippen LogP contribution in [0.4, 0.5) is 0 Å². The van der Waals surface area contributed by atoms with Crippen LogP contribution in [0, 0.1) is 0 Å². The fraction of sp³-hybridized carbons (Fsp3) is 0.286. The van der Waals surface area contributed by atoms with Crippen molar-refractivity contribution in [1.82, 2.24) is 9.88 Å². The highest BCUT2D eigenvalue weighted by Crippen LogP contribution is 2.27. The molecule has 2 heterocycles. The van der Waals surface area contributed by atoms with Gasteiger partial charge in [0.25, 0.3) is 5.91 Å². The van der Waals surface area contributed by atoms with Gasteiger partial charge in [-0.15, -0.1) is 0 Å². The molecular formula is C21H22N2O. The summed E-state index contributed by atoms with van der Waals surface area (Å²) in [6, 6.07) is 18.6. The average Bonchev–Trinajstić information content (AvgIpc) is 2.96. The lowest BCUT2D eigenvalue weighted by atomic mass is 9.94. The van der Waals surface area contributed by atoms with E-state index in [9.17, 15) is 4.79 Å². The van der Waals surface area contributed by atoms with Crippen molar-refractivity contribution in [1.29, 1.82) is 0 Å². The van der Waals surface area contributed by atoms with Gasteiger partial charge in [-0.25, -0.2) is 0 Å². The average molecular weight is 318 g/mol. The van der Waals surface area contributed by atoms with E-state index in [-0.39, 0.29) is 5.91 Å². The molecule has 3 heteroatoms. The van der Waals surface area contributed by atoms with Gasteiger partial charge in [0.1, 0.15) is 0 Å². The Morgan fingerprint density at radius 2 is 1.92 bits per heavy atom. The second kappa shape index (κ2) is 6.52. The number of carbonyl (C=O) groups excluding carboxylic acids is 1. The van der Waals surface area contributed by atoms with Gasteiger partial charge in [-0.1, -0.05) is 42.8 Å². The molecule has 1 amide bonds. The maximum Gasteiger partial charge on any atom is 0.253 e. The molecule has 1 aliphatic heterocycles. The number of aromatic amines is 1. The molecule has 1 atom stereocenters. The maximum absolute atomic E-state index is 13.0. The molecule has 0 saturated carbocycles. The first-order chi connectivity index (χ1) is 11.8. The van der Waals surface area contributed by atoms with Crippen LogP contribution in [0.1, 0.15) is 41.1 Å². The first kappa shape index (κ1) is 15.0. The van der Waals surface area contributed by atoms with Crippen LogP contribution < -0.4 is 0 Å². The number of H-pyrrole nitrogens is 1. The van der Waals surface area contributed by atoms with Crippen molar-refractivity contribution in [2.45, 2.75) is 25.2 Å². The molecule has 1 unspecified atom stereocenters. The summed E-state index contributed by atoms with van der Waals surface area (Å²) >= 11 is 0. The first-order valence-electron chi connectivity index (χ1n) is 8.72. The number of carbonyl (C=O) groups is 1. The summed E-state index contributed by atoms with van der Waals surface area (Å²) < 4.78 is 0. The molecule has 24 heavy (non-hydrogen) atoms. The Kier molecular flexibility index (Phi) is 4.08. The maximum atomic E-state index is 13.0. The number of rotatable bonds is 2. The van der Waals surface area contributed by atoms with Crippen molar-refractivity contribution in [3.05, 3.63) is 71.9 Å². The third kappa shape index (κ3) is 2.94. The van der Waals surface area contributed by atoms with E-state index >= 15 is 0 Å². The molecule has 4 rings (SSSR count). The molecule has 0 aliphatic carbocycles. The number of amides is 1. The number of nitrogens with one attached hydrogen (secondary N) is 1. The molecule has 2 aromatic carbocycles. The minimum Gasteiger partial charge on any atom is -0.361 e. The van der Waals surface area contributed by atoms with E-state index in [0.717, 1.165) is 42.4 Å². The lowest BCUT2D eigenvalue weighted by molar-refractivity contribution is 0.0754. The number of hydrogen-bond acceptors (Lipinski definition) is 1. The second-order valence-electron chi connectivity index (χ2n) is 6.63. The number of nitrogens with zero attached hydrogens (tertiary/aromatic N) is 1. The van der Waals surface area contributed by atoms with E-state index in [0.29, 0.717) is 5.92 Å². The molecule has 0 radical (unpaired) electrons. The van der Waals surface area contributed by atoms with E-state index in [1.807, 2.05) is 35.4 Å². The Bertz CT molecular complexity index is 837. The van der Waals surface area contributed by atoms with Gasteiger partial charge >= 0.3 is 0 Å². The molecule has 1 aliphatic rings. The van der Waals surface area contributed by atoms with Crippen LogP contribution >= 0.6 is 0 Å². The normalized spacial score (nSPS) is 18.5. The zero-order valence-electron chi connectivity index (χ0n) is 13.7. The van der Waals surface area contributed by atoms with Crippen molar-refractivity contribution < 1.29 is 4.79 Å². The van der Waals surface area contributed by atoms with Crippen molar-refractivity contribution in [2.75, 3.05) is 13.1 Å². The van der Waals surface area contributed by atoms with Crippen molar-refractivity contribution in [3.63, 3.8) is 0 Å². The largest absolute Gasteiger partial charge is 0.361 e. The SMILES string of the molecule is O=C(c1ccc2cc[nH]c2c1)N1CCCCC(c2ccccc2)C1. The second-order valence-corrected chi connectivity index (χ2v) is 6.63. The molecule has 1 N–H and O–H groups in total. The summed E-state index contributed by atoms with van der Waals surface area (Å²) in [5, 5.41) is 1.14. The van der Waals surface area contributed by atoms with E-state index in [4.69, 9.17) is 0 Å². The molecule has 3 nitrogen and oxygen atoms in total. The lowest BCUT2D eigenvalue weighted by Crippen LogP contribution is -2.34. The van der Waals surface area contributed by atoms with Gasteiger partial charge in [0.2, 0.25) is 0 Å². The number of likely N-dealkylation sites (tertiary alicyclic amines) is 1. The smallest absolute Gasteiger partial charge is 0.253 e. The monoisotopic (exact) mass is 318 g/mol. The third-order valence-corrected chi connectivity index (χ3v) is 5.03. The van der Waals surface area contributed by atoms with Crippen molar-refractivity contribution >= 4 is 16.8 Å². The molecule has 1 aromatic heterocycles. The number of benzene rings is 2. The molecule has 1 fully saturated rings. The Morgan fingerprint density at radius 1 is 1.04 bits per heavy atom. The van der Waals surface area contributed by atoms with Gasteiger partial charge < -0.3 is 9.88 Å². The van der Waals surface area contributed by atoms with Crippen LogP contribution in [0.25, 0.3) is 10.9 Å². The standard InChI is InChI=1S/C21H22N2O/c24-21(18-10-9-17-11-12-22-20(17)14-18)23-13-5-4-8-19(15-23)16-6-2-1-3-7-16/h1-3,6-7,9-12,14,19,22H,4-5,8,13,15H2. The summed E-state index contributed by atoms with van der Waals surface area (Å²) in [5.74, 6) is 0.584. The molecule has 3 aromatic rings. The molecular weight excluding hydrogens is 296 g/mol. The predicted molar refractivity (Wildman–Crippen MR) is 97.2 cm³/mol. The minimum absolute atomic E-state index is 0.148. The van der Waals surface area contributed by atoms with E-state index in [2.05, 4.69) is 35.3 Å². The van der Waals surface area contributed by atoms with Crippen LogP contribution in [-0.4, -0.2) is 28.9 Å². The summed E-state index contributed by atoms with van der Waals surface area (Å²) in [4.78, 5) is 18.2. The number of fused-ring (bicyclic) bond motifs is 1. The van der Waals surface area contributed by atoms with Gasteiger partial charge in [-0.3, -0.25) is 4.79 Å². The van der Waals surface area contributed by atoms with Gasteiger partial charge in [0.15, 0.2) is 0 Å². The molecule has 0 bridgehead atoms. The molecule has 0 spiro atoms. The van der Waals surface area contributed by atoms with Crippen LogP contribution in [0.2, 0.25) is 0 Å². The molecule has 1 saturated heterocycles. The Labute approximate surface area is 142 Å². The summed E-state index contributed by atoms with van der Waals surface area (Å²) in [7, 11) is 0. The Morgan fingerprint density at radius 3 is 2.79 bits per heavy atom. The van der Waals surface area contributed by atoms with Crippen molar-refractivity contribution in [3.8, 4) is 0 Å². The van der Waals surface area contributed by atoms with Crippen molar-refractivity contribution in [2.24, 2.45) is 0 Å². The number of hydrogen-bond donors (Lipinski definition) is 1. The fourth-order valence-electron chi connectivity index (χ4n) is 3.69. The lowest BCUT2D eigenvalue weighted by Gasteiger charge is -2.25. The van der Waals surface area contributed by atoms with Gasteiger partial charge in [-0.05, 0) is 42.0 Å². The van der Waals surface area contributed by atoms with Crippen LogP contribution in [-0.2, 0) is 0 Å². The zero-order valence-corrected chi connectivity index (χ0v) is 13.7. The third-order valence-electron chi connectivity index (χ3n) is 5.03. The number of aromatic nitrogens is 1. The Hall–Kier alpha value is -2.55. The topological polar surface area (TPSA) is 36.1 Å². The Balaban J connectivity index is 1.58. The zero-order chi connectivity index (χ0) is 16.4. The minimum atomic E-state index is 0.148. The quantitative estimate of drug-likeness (QED) is 0.738. The van der Waals surface area contributed by atoms with Crippen LogP contribution in [0.3, 0.4) is 0 Å². The summed E-state index contributed by atoms with van der Waals surface area (Å²) in [5.41, 5.74) is 3.14. The van der Waals surface area contributed by atoms with Crippen LogP contribution in [0.15, 0.2) is 60.8 Å². The highest BCUT2D eigenvalue weighted by molar-refractivity contribution is 5.98. The molecule has 122 valence electrons. The first-order valence-corrected chi connectivity index (χ1v) is 8.72. The van der Waals surface area contributed by atoms with Crippen LogP contribution in [0.5, 0.6) is 0 Å². The van der Waals surface area contributed by atoms with E-state index in [1.165, 1.54) is 12.0 Å². The summed E-state index contributed by atoms with van der Waals surface area (Å²) in [6.45, 7) is 1.66.